The molecule has 3 atom stereocenters. The van der Waals surface area contributed by atoms with E-state index in [4.69, 9.17) is 9.47 Å². The second kappa shape index (κ2) is 5.79. The Morgan fingerprint density at radius 1 is 1.23 bits per heavy atom. The van der Waals surface area contributed by atoms with Gasteiger partial charge >= 0.3 is 0 Å². The number of hydrogen-bond acceptors (Lipinski definition) is 3. The van der Waals surface area contributed by atoms with Crippen molar-refractivity contribution in [2.75, 3.05) is 32.9 Å². The zero-order valence-corrected chi connectivity index (χ0v) is 13.8. The summed E-state index contributed by atoms with van der Waals surface area (Å²) in [5.74, 6) is 2.53. The minimum atomic E-state index is -0.0799. The minimum absolute atomic E-state index is 0.0799. The van der Waals surface area contributed by atoms with Crippen molar-refractivity contribution < 1.29 is 14.3 Å². The monoisotopic (exact) mass is 307 g/mol. The number of ether oxygens (including phenoxy) is 2. The van der Waals surface area contributed by atoms with Gasteiger partial charge in [0, 0.05) is 25.0 Å². The fourth-order valence-corrected chi connectivity index (χ4v) is 4.58. The molecule has 2 saturated carbocycles. The molecule has 4 fully saturated rings. The maximum atomic E-state index is 12.3. The van der Waals surface area contributed by atoms with Crippen LogP contribution in [0.1, 0.15) is 45.4 Å². The van der Waals surface area contributed by atoms with Crippen LogP contribution >= 0.6 is 0 Å². The lowest BCUT2D eigenvalue weighted by Crippen LogP contribution is -2.67. The van der Waals surface area contributed by atoms with E-state index in [1.165, 1.54) is 25.7 Å². The van der Waals surface area contributed by atoms with Crippen molar-refractivity contribution in [1.29, 1.82) is 0 Å². The topological polar surface area (TPSA) is 38.8 Å². The average Bonchev–Trinajstić information content (AvgIpc) is 2.91. The number of carbonyl (C=O) groups excluding carboxylic acids is 1. The number of amides is 1. The van der Waals surface area contributed by atoms with Gasteiger partial charge in [0.25, 0.3) is 0 Å². The Labute approximate surface area is 133 Å². The van der Waals surface area contributed by atoms with Gasteiger partial charge in [-0.1, -0.05) is 19.8 Å². The molecule has 0 N–H and O–H groups in total. The first-order valence-electron chi connectivity index (χ1n) is 9.18. The summed E-state index contributed by atoms with van der Waals surface area (Å²) in [5, 5.41) is 0. The highest BCUT2D eigenvalue weighted by Gasteiger charge is 2.56. The summed E-state index contributed by atoms with van der Waals surface area (Å²) in [7, 11) is 0. The maximum absolute atomic E-state index is 12.3. The van der Waals surface area contributed by atoms with Gasteiger partial charge in [-0.25, -0.2) is 0 Å². The van der Waals surface area contributed by atoms with Crippen LogP contribution < -0.4 is 0 Å². The third kappa shape index (κ3) is 2.69. The van der Waals surface area contributed by atoms with E-state index in [1.54, 1.807) is 0 Å². The minimum Gasteiger partial charge on any atom is -0.381 e. The molecule has 4 rings (SSSR count). The summed E-state index contributed by atoms with van der Waals surface area (Å²) in [6.45, 7) is 6.34. The molecule has 2 heterocycles. The summed E-state index contributed by atoms with van der Waals surface area (Å²) in [4.78, 5) is 14.3. The van der Waals surface area contributed by atoms with E-state index in [2.05, 4.69) is 6.92 Å². The molecule has 1 amide bonds. The van der Waals surface area contributed by atoms with Gasteiger partial charge in [0.2, 0.25) is 5.91 Å². The van der Waals surface area contributed by atoms with E-state index < -0.39 is 0 Å². The Morgan fingerprint density at radius 3 is 2.64 bits per heavy atom. The van der Waals surface area contributed by atoms with Gasteiger partial charge < -0.3 is 14.4 Å². The van der Waals surface area contributed by atoms with Crippen molar-refractivity contribution in [1.82, 2.24) is 4.90 Å². The predicted octanol–water partition coefficient (Wildman–Crippen LogP) is 2.47. The average molecular weight is 307 g/mol. The molecule has 0 aromatic carbocycles. The smallest absolute Gasteiger partial charge is 0.226 e. The number of hydrogen-bond donors (Lipinski definition) is 0. The predicted molar refractivity (Wildman–Crippen MR) is 83.4 cm³/mol. The standard InChI is InChI=1S/C18H29NO3/c1-13-8-16(13)17(20)19-11-18(12-19)15(6-7-22-18)10-21-9-14-4-2-3-5-14/h13-16H,2-12H2,1H3/t13-,15-,16-/m1/s1. The Hall–Kier alpha value is -0.610. The van der Waals surface area contributed by atoms with Crippen LogP contribution in [0.15, 0.2) is 0 Å². The zero-order chi connectivity index (χ0) is 15.2. The van der Waals surface area contributed by atoms with Gasteiger partial charge in [-0.15, -0.1) is 0 Å². The largest absolute Gasteiger partial charge is 0.381 e. The van der Waals surface area contributed by atoms with Crippen LogP contribution in [0.5, 0.6) is 0 Å². The lowest BCUT2D eigenvalue weighted by Gasteiger charge is -2.50. The van der Waals surface area contributed by atoms with Crippen LogP contribution in [0.2, 0.25) is 0 Å². The number of nitrogens with zero attached hydrogens (tertiary/aromatic N) is 1. The molecular weight excluding hydrogens is 278 g/mol. The fraction of sp³-hybridized carbons (Fsp3) is 0.944. The van der Waals surface area contributed by atoms with E-state index in [1.807, 2.05) is 4.90 Å². The van der Waals surface area contributed by atoms with Gasteiger partial charge in [0.05, 0.1) is 19.7 Å². The SMILES string of the molecule is C[C@@H]1C[C@H]1C(=O)N1CC2(C1)OCC[C@@H]2COCC1CCCC1. The molecule has 0 aromatic rings. The molecule has 0 bridgehead atoms. The first kappa shape index (κ1) is 14.9. The number of likely N-dealkylation sites (tertiary alicyclic amines) is 1. The molecule has 2 aliphatic carbocycles. The highest BCUT2D eigenvalue weighted by atomic mass is 16.5. The molecule has 1 spiro atoms. The molecule has 124 valence electrons. The number of rotatable bonds is 5. The van der Waals surface area contributed by atoms with Crippen LogP contribution in [0.3, 0.4) is 0 Å². The van der Waals surface area contributed by atoms with Gasteiger partial charge in [0.15, 0.2) is 0 Å². The normalized spacial score (nSPS) is 36.8. The van der Waals surface area contributed by atoms with Crippen LogP contribution in [0.4, 0.5) is 0 Å². The molecule has 2 saturated heterocycles. The summed E-state index contributed by atoms with van der Waals surface area (Å²) in [6.07, 6.45) is 7.61. The first-order chi connectivity index (χ1) is 10.7. The Morgan fingerprint density at radius 2 is 1.95 bits per heavy atom. The molecule has 4 aliphatic rings. The molecule has 0 unspecified atom stereocenters. The molecule has 0 aromatic heterocycles. The number of carbonyl (C=O) groups is 1. The van der Waals surface area contributed by atoms with Gasteiger partial charge in [-0.05, 0) is 37.5 Å². The van der Waals surface area contributed by atoms with E-state index in [0.29, 0.717) is 23.7 Å². The fourth-order valence-electron chi connectivity index (χ4n) is 4.58. The van der Waals surface area contributed by atoms with E-state index >= 15 is 0 Å². The van der Waals surface area contributed by atoms with Crippen LogP contribution in [-0.4, -0.2) is 49.3 Å². The van der Waals surface area contributed by atoms with Crippen molar-refractivity contribution in [2.45, 2.75) is 51.0 Å². The lowest BCUT2D eigenvalue weighted by molar-refractivity contribution is -0.170. The van der Waals surface area contributed by atoms with Crippen molar-refractivity contribution in [3.05, 3.63) is 0 Å². The van der Waals surface area contributed by atoms with Crippen LogP contribution in [0.25, 0.3) is 0 Å². The van der Waals surface area contributed by atoms with E-state index in [9.17, 15) is 4.79 Å². The highest BCUT2D eigenvalue weighted by molar-refractivity contribution is 5.82. The summed E-state index contributed by atoms with van der Waals surface area (Å²) >= 11 is 0. The second-order valence-corrected chi connectivity index (χ2v) is 8.10. The molecule has 22 heavy (non-hydrogen) atoms. The van der Waals surface area contributed by atoms with Crippen molar-refractivity contribution >= 4 is 5.91 Å². The Kier molecular flexibility index (Phi) is 3.93. The molecule has 0 radical (unpaired) electrons. The Balaban J connectivity index is 1.24. The van der Waals surface area contributed by atoms with Crippen molar-refractivity contribution in [3.63, 3.8) is 0 Å². The van der Waals surface area contributed by atoms with Crippen LogP contribution in [0, 0.1) is 23.7 Å². The van der Waals surface area contributed by atoms with Gasteiger partial charge in [-0.2, -0.15) is 0 Å². The molecular formula is C18H29NO3. The summed E-state index contributed by atoms with van der Waals surface area (Å²) in [6, 6.07) is 0. The third-order valence-corrected chi connectivity index (χ3v) is 6.40. The third-order valence-electron chi connectivity index (χ3n) is 6.40. The zero-order valence-electron chi connectivity index (χ0n) is 13.8. The van der Waals surface area contributed by atoms with Gasteiger partial charge in [-0.3, -0.25) is 4.79 Å². The highest BCUT2D eigenvalue weighted by Crippen LogP contribution is 2.45. The molecule has 2 aliphatic heterocycles. The van der Waals surface area contributed by atoms with E-state index in [0.717, 1.165) is 51.7 Å². The van der Waals surface area contributed by atoms with Crippen molar-refractivity contribution in [2.24, 2.45) is 23.7 Å². The lowest BCUT2D eigenvalue weighted by atomic mass is 9.81. The summed E-state index contributed by atoms with van der Waals surface area (Å²) in [5.41, 5.74) is -0.0799. The van der Waals surface area contributed by atoms with E-state index in [-0.39, 0.29) is 5.60 Å². The quantitative estimate of drug-likeness (QED) is 0.783. The maximum Gasteiger partial charge on any atom is 0.226 e. The summed E-state index contributed by atoms with van der Waals surface area (Å²) < 4.78 is 12.1. The van der Waals surface area contributed by atoms with Crippen LogP contribution in [-0.2, 0) is 14.3 Å². The second-order valence-electron chi connectivity index (χ2n) is 8.10. The van der Waals surface area contributed by atoms with Gasteiger partial charge in [0.1, 0.15) is 5.60 Å². The molecule has 4 heteroatoms. The Bertz CT molecular complexity index is 426. The van der Waals surface area contributed by atoms with Crippen molar-refractivity contribution in [3.8, 4) is 0 Å². The first-order valence-corrected chi connectivity index (χ1v) is 9.18. The molecule has 4 nitrogen and oxygen atoms in total.